The van der Waals surface area contributed by atoms with Gasteiger partial charge < -0.3 is 4.57 Å². The van der Waals surface area contributed by atoms with Gasteiger partial charge in [-0.15, -0.1) is 11.3 Å². The lowest BCUT2D eigenvalue weighted by atomic mass is 10.3. The Balaban J connectivity index is 1.92. The molecule has 0 fully saturated rings. The van der Waals surface area contributed by atoms with Crippen molar-refractivity contribution in [3.05, 3.63) is 56.3 Å². The van der Waals surface area contributed by atoms with Crippen molar-refractivity contribution in [2.24, 2.45) is 14.1 Å². The van der Waals surface area contributed by atoms with Crippen LogP contribution in [0.1, 0.15) is 5.01 Å². The van der Waals surface area contributed by atoms with Crippen LogP contribution >= 0.6 is 11.3 Å². The fraction of sp³-hybridized carbons (Fsp3) is 0.214. The number of fused-ring (bicyclic) bond motifs is 1. The number of hydrogen-bond acceptors (Lipinski definition) is 6. The van der Waals surface area contributed by atoms with Crippen molar-refractivity contribution in [2.75, 3.05) is 0 Å². The Kier molecular flexibility index (Phi) is 4.11. The van der Waals surface area contributed by atoms with Crippen molar-refractivity contribution in [1.82, 2.24) is 18.8 Å². The summed E-state index contributed by atoms with van der Waals surface area (Å²) < 4.78 is 29.9. The lowest BCUT2D eigenvalue weighted by Crippen LogP contribution is -2.41. The van der Waals surface area contributed by atoms with Crippen LogP contribution in [0.2, 0.25) is 0 Å². The molecule has 0 spiro atoms. The first-order valence-electron chi connectivity index (χ1n) is 6.90. The maximum absolute atomic E-state index is 12.4. The van der Waals surface area contributed by atoms with Crippen molar-refractivity contribution in [1.29, 1.82) is 0 Å². The van der Waals surface area contributed by atoms with E-state index in [1.807, 2.05) is 24.3 Å². The number of thiazole rings is 1. The standard InChI is InChI=1S/C14H14N4O4S2/c1-17-8-11(13(19)18(2)14(17)20)24(21,22)15-7-12-16-9-5-3-4-6-10(9)23-12/h3-6,8,15H,7H2,1-2H3. The summed E-state index contributed by atoms with van der Waals surface area (Å²) in [6, 6.07) is 7.47. The summed E-state index contributed by atoms with van der Waals surface area (Å²) in [6.45, 7) is -0.0341. The summed E-state index contributed by atoms with van der Waals surface area (Å²) in [5.74, 6) is 0. The molecule has 24 heavy (non-hydrogen) atoms. The molecule has 0 bridgehead atoms. The van der Waals surface area contributed by atoms with Crippen LogP contribution in [0.4, 0.5) is 0 Å². The Morgan fingerprint density at radius 2 is 1.92 bits per heavy atom. The molecule has 2 heterocycles. The molecule has 0 aliphatic carbocycles. The fourth-order valence-corrected chi connectivity index (χ4v) is 4.33. The largest absolute Gasteiger partial charge is 0.330 e. The number of nitrogens with one attached hydrogen (secondary N) is 1. The summed E-state index contributed by atoms with van der Waals surface area (Å²) in [7, 11) is -1.45. The molecule has 3 rings (SSSR count). The highest BCUT2D eigenvalue weighted by Gasteiger charge is 2.21. The molecule has 0 amide bonds. The zero-order chi connectivity index (χ0) is 17.5. The molecule has 0 radical (unpaired) electrons. The number of benzene rings is 1. The van der Waals surface area contributed by atoms with E-state index in [1.165, 1.54) is 25.4 Å². The van der Waals surface area contributed by atoms with Gasteiger partial charge in [0.05, 0.1) is 16.8 Å². The molecule has 0 unspecified atom stereocenters. The predicted octanol–water partition coefficient (Wildman–Crippen LogP) is 0.172. The molecule has 0 atom stereocenters. The Morgan fingerprint density at radius 1 is 1.21 bits per heavy atom. The minimum absolute atomic E-state index is 0.0341. The first kappa shape index (κ1) is 16.6. The van der Waals surface area contributed by atoms with Gasteiger partial charge in [-0.05, 0) is 12.1 Å². The average Bonchev–Trinajstić information content (AvgIpc) is 2.97. The molecule has 2 aromatic heterocycles. The maximum Gasteiger partial charge on any atom is 0.330 e. The lowest BCUT2D eigenvalue weighted by molar-refractivity contribution is 0.570. The molecule has 0 aliphatic heterocycles. The minimum Gasteiger partial charge on any atom is -0.302 e. The van der Waals surface area contributed by atoms with Crippen LogP contribution < -0.4 is 16.0 Å². The number of hydrogen-bond donors (Lipinski definition) is 1. The first-order valence-corrected chi connectivity index (χ1v) is 9.20. The van der Waals surface area contributed by atoms with Crippen LogP contribution in [0.3, 0.4) is 0 Å². The van der Waals surface area contributed by atoms with E-state index in [0.717, 1.165) is 25.5 Å². The summed E-state index contributed by atoms with van der Waals surface area (Å²) in [5.41, 5.74) is -0.672. The van der Waals surface area contributed by atoms with Gasteiger partial charge >= 0.3 is 5.69 Å². The smallest absolute Gasteiger partial charge is 0.302 e. The van der Waals surface area contributed by atoms with E-state index in [2.05, 4.69) is 9.71 Å². The zero-order valence-electron chi connectivity index (χ0n) is 12.9. The third-order valence-corrected chi connectivity index (χ3v) is 5.88. The number of nitrogens with zero attached hydrogens (tertiary/aromatic N) is 3. The topological polar surface area (TPSA) is 103 Å². The van der Waals surface area contributed by atoms with E-state index in [4.69, 9.17) is 0 Å². The van der Waals surface area contributed by atoms with Gasteiger partial charge in [0.15, 0.2) is 4.90 Å². The fourth-order valence-electron chi connectivity index (χ4n) is 2.19. The van der Waals surface area contributed by atoms with Crippen LogP contribution in [0.5, 0.6) is 0 Å². The van der Waals surface area contributed by atoms with Gasteiger partial charge in [0.25, 0.3) is 5.56 Å². The summed E-state index contributed by atoms with van der Waals surface area (Å²) in [5, 5.41) is 0.585. The predicted molar refractivity (Wildman–Crippen MR) is 90.6 cm³/mol. The summed E-state index contributed by atoms with van der Waals surface area (Å²) in [4.78, 5) is 27.6. The Hall–Kier alpha value is -2.30. The van der Waals surface area contributed by atoms with Gasteiger partial charge in [0.1, 0.15) is 5.01 Å². The van der Waals surface area contributed by atoms with Crippen molar-refractivity contribution in [2.45, 2.75) is 11.4 Å². The van der Waals surface area contributed by atoms with Crippen molar-refractivity contribution < 1.29 is 8.42 Å². The molecular formula is C14H14N4O4S2. The number of aromatic nitrogens is 3. The average molecular weight is 366 g/mol. The quantitative estimate of drug-likeness (QED) is 0.709. The van der Waals surface area contributed by atoms with Gasteiger partial charge in [-0.25, -0.2) is 22.9 Å². The molecule has 8 nitrogen and oxygen atoms in total. The van der Waals surface area contributed by atoms with Crippen LogP contribution in [0, 0.1) is 0 Å². The Bertz CT molecular complexity index is 1110. The number of rotatable bonds is 4. The monoisotopic (exact) mass is 366 g/mol. The minimum atomic E-state index is -4.06. The number of para-hydroxylation sites is 1. The maximum atomic E-state index is 12.4. The van der Waals surface area contributed by atoms with Crippen LogP contribution in [-0.2, 0) is 30.7 Å². The SMILES string of the molecule is Cn1cc(S(=O)(=O)NCc2nc3ccccc3s2)c(=O)n(C)c1=O. The molecule has 0 aliphatic rings. The van der Waals surface area contributed by atoms with Gasteiger partial charge in [-0.2, -0.15) is 0 Å². The van der Waals surface area contributed by atoms with Crippen LogP contribution in [0.25, 0.3) is 10.2 Å². The van der Waals surface area contributed by atoms with E-state index < -0.39 is 26.2 Å². The third-order valence-electron chi connectivity index (χ3n) is 3.46. The highest BCUT2D eigenvalue weighted by atomic mass is 32.2. The van der Waals surface area contributed by atoms with E-state index in [9.17, 15) is 18.0 Å². The summed E-state index contributed by atoms with van der Waals surface area (Å²) in [6.07, 6.45) is 1.02. The normalized spacial score (nSPS) is 11.9. The molecule has 0 saturated carbocycles. The zero-order valence-corrected chi connectivity index (χ0v) is 14.5. The molecule has 0 saturated heterocycles. The molecule has 10 heteroatoms. The van der Waals surface area contributed by atoms with E-state index in [0.29, 0.717) is 5.01 Å². The van der Waals surface area contributed by atoms with E-state index in [-0.39, 0.29) is 6.54 Å². The molecule has 1 N–H and O–H groups in total. The Morgan fingerprint density at radius 3 is 2.62 bits per heavy atom. The van der Waals surface area contributed by atoms with Gasteiger partial charge in [-0.3, -0.25) is 9.36 Å². The van der Waals surface area contributed by atoms with E-state index in [1.54, 1.807) is 0 Å². The Labute approximate surface area is 141 Å². The second kappa shape index (κ2) is 5.96. The second-order valence-electron chi connectivity index (χ2n) is 5.15. The number of aryl methyl sites for hydroxylation is 1. The third kappa shape index (κ3) is 2.90. The van der Waals surface area contributed by atoms with E-state index >= 15 is 0 Å². The van der Waals surface area contributed by atoms with Crippen molar-refractivity contribution >= 4 is 31.6 Å². The van der Waals surface area contributed by atoms with Crippen LogP contribution in [0.15, 0.2) is 44.9 Å². The van der Waals surface area contributed by atoms with Gasteiger partial charge in [0.2, 0.25) is 10.0 Å². The van der Waals surface area contributed by atoms with Crippen molar-refractivity contribution in [3.8, 4) is 0 Å². The van der Waals surface area contributed by atoms with Gasteiger partial charge in [-0.1, -0.05) is 12.1 Å². The highest BCUT2D eigenvalue weighted by Crippen LogP contribution is 2.21. The van der Waals surface area contributed by atoms with Gasteiger partial charge in [0, 0.05) is 20.3 Å². The highest BCUT2D eigenvalue weighted by molar-refractivity contribution is 7.89. The molecule has 3 aromatic rings. The lowest BCUT2D eigenvalue weighted by Gasteiger charge is -2.08. The summed E-state index contributed by atoms with van der Waals surface area (Å²) >= 11 is 1.37. The van der Waals surface area contributed by atoms with Crippen LogP contribution in [-0.4, -0.2) is 22.5 Å². The molecular weight excluding hydrogens is 352 g/mol. The number of sulfonamides is 1. The second-order valence-corrected chi connectivity index (χ2v) is 8.00. The first-order chi connectivity index (χ1) is 11.3. The van der Waals surface area contributed by atoms with Crippen molar-refractivity contribution in [3.63, 3.8) is 0 Å². The molecule has 126 valence electrons. The molecule has 1 aromatic carbocycles.